The molecular formula is C14H21NO4. The molecule has 1 aromatic carbocycles. The van der Waals surface area contributed by atoms with Gasteiger partial charge in [0, 0.05) is 0 Å². The highest BCUT2D eigenvalue weighted by molar-refractivity contribution is 5.69. The third-order valence-corrected chi connectivity index (χ3v) is 2.84. The molecule has 0 heterocycles. The van der Waals surface area contributed by atoms with Crippen LogP contribution in [0.5, 0.6) is 0 Å². The van der Waals surface area contributed by atoms with E-state index in [0.717, 1.165) is 5.56 Å². The first-order valence-corrected chi connectivity index (χ1v) is 6.36. The standard InChI is InChI=1S/C14H21NO4/c15-7-6-12(14(17)18)8-13(16)10-19-9-11-4-2-1-3-5-11/h1-5,12-13,16H,6-10,15H2,(H,17,18). The third kappa shape index (κ3) is 6.33. The molecule has 2 unspecified atom stereocenters. The summed E-state index contributed by atoms with van der Waals surface area (Å²) in [5.74, 6) is -1.53. The van der Waals surface area contributed by atoms with Crippen LogP contribution in [-0.4, -0.2) is 35.4 Å². The van der Waals surface area contributed by atoms with Gasteiger partial charge in [0.25, 0.3) is 0 Å². The number of hydrogen-bond acceptors (Lipinski definition) is 4. The Bertz CT molecular complexity index is 369. The van der Waals surface area contributed by atoms with Crippen LogP contribution in [0.15, 0.2) is 30.3 Å². The molecule has 1 aromatic rings. The van der Waals surface area contributed by atoms with Crippen molar-refractivity contribution in [2.75, 3.05) is 13.2 Å². The van der Waals surface area contributed by atoms with Gasteiger partial charge in [-0.15, -0.1) is 0 Å². The molecule has 5 nitrogen and oxygen atoms in total. The van der Waals surface area contributed by atoms with Gasteiger partial charge < -0.3 is 20.7 Å². The molecule has 0 saturated carbocycles. The number of carboxylic acid groups (broad SMARTS) is 1. The van der Waals surface area contributed by atoms with Crippen molar-refractivity contribution in [1.29, 1.82) is 0 Å². The molecule has 0 saturated heterocycles. The Morgan fingerprint density at radius 1 is 1.32 bits per heavy atom. The topological polar surface area (TPSA) is 92.8 Å². The van der Waals surface area contributed by atoms with Crippen molar-refractivity contribution < 1.29 is 19.7 Å². The van der Waals surface area contributed by atoms with E-state index in [-0.39, 0.29) is 13.0 Å². The van der Waals surface area contributed by atoms with E-state index < -0.39 is 18.0 Å². The van der Waals surface area contributed by atoms with Crippen molar-refractivity contribution in [3.8, 4) is 0 Å². The second-order valence-electron chi connectivity index (χ2n) is 4.50. The van der Waals surface area contributed by atoms with Crippen LogP contribution in [-0.2, 0) is 16.1 Å². The number of benzene rings is 1. The largest absolute Gasteiger partial charge is 0.481 e. The van der Waals surface area contributed by atoms with Gasteiger partial charge in [-0.2, -0.15) is 0 Å². The Kier molecular flexibility index (Phi) is 7.10. The summed E-state index contributed by atoms with van der Waals surface area (Å²) in [6.45, 7) is 0.838. The summed E-state index contributed by atoms with van der Waals surface area (Å²) in [6.07, 6.45) is -0.247. The molecule has 0 aliphatic heterocycles. The van der Waals surface area contributed by atoms with Crippen LogP contribution < -0.4 is 5.73 Å². The number of aliphatic hydroxyl groups is 1. The van der Waals surface area contributed by atoms with E-state index in [2.05, 4.69) is 0 Å². The summed E-state index contributed by atoms with van der Waals surface area (Å²) in [7, 11) is 0. The zero-order valence-corrected chi connectivity index (χ0v) is 10.9. The van der Waals surface area contributed by atoms with Gasteiger partial charge in [-0.1, -0.05) is 30.3 Å². The molecule has 4 N–H and O–H groups in total. The Labute approximate surface area is 113 Å². The average Bonchev–Trinajstić information content (AvgIpc) is 2.39. The molecular weight excluding hydrogens is 246 g/mol. The first-order chi connectivity index (χ1) is 9.13. The fourth-order valence-corrected chi connectivity index (χ4v) is 1.83. The summed E-state index contributed by atoms with van der Waals surface area (Å²) in [5.41, 5.74) is 6.36. The van der Waals surface area contributed by atoms with Gasteiger partial charge in [0.05, 0.1) is 25.2 Å². The number of rotatable bonds is 9. The minimum Gasteiger partial charge on any atom is -0.481 e. The first kappa shape index (κ1) is 15.6. The molecule has 0 aliphatic carbocycles. The maximum atomic E-state index is 10.9. The highest BCUT2D eigenvalue weighted by atomic mass is 16.5. The van der Waals surface area contributed by atoms with E-state index in [4.69, 9.17) is 15.6 Å². The molecule has 5 heteroatoms. The normalized spacial score (nSPS) is 14.0. The number of carboxylic acids is 1. The minimum absolute atomic E-state index is 0.128. The van der Waals surface area contributed by atoms with Gasteiger partial charge in [-0.05, 0) is 24.9 Å². The fourth-order valence-electron chi connectivity index (χ4n) is 1.83. The predicted octanol–water partition coefficient (Wildman–Crippen LogP) is 1.00. The highest BCUT2D eigenvalue weighted by Crippen LogP contribution is 2.12. The molecule has 0 aromatic heterocycles. The van der Waals surface area contributed by atoms with E-state index in [9.17, 15) is 9.90 Å². The lowest BCUT2D eigenvalue weighted by Gasteiger charge is -2.16. The van der Waals surface area contributed by atoms with Crippen LogP contribution >= 0.6 is 0 Å². The Morgan fingerprint density at radius 3 is 2.58 bits per heavy atom. The van der Waals surface area contributed by atoms with Crippen molar-refractivity contribution in [1.82, 2.24) is 0 Å². The number of ether oxygens (including phenoxy) is 1. The van der Waals surface area contributed by atoms with Crippen molar-refractivity contribution in [2.24, 2.45) is 11.7 Å². The highest BCUT2D eigenvalue weighted by Gasteiger charge is 2.20. The Balaban J connectivity index is 2.27. The van der Waals surface area contributed by atoms with Crippen molar-refractivity contribution in [2.45, 2.75) is 25.6 Å². The average molecular weight is 267 g/mol. The van der Waals surface area contributed by atoms with Crippen LogP contribution in [0.1, 0.15) is 18.4 Å². The maximum Gasteiger partial charge on any atom is 0.306 e. The molecule has 19 heavy (non-hydrogen) atoms. The molecule has 2 atom stereocenters. The van der Waals surface area contributed by atoms with Gasteiger partial charge in [-0.3, -0.25) is 4.79 Å². The van der Waals surface area contributed by atoms with E-state index in [1.807, 2.05) is 30.3 Å². The van der Waals surface area contributed by atoms with Crippen LogP contribution in [0.4, 0.5) is 0 Å². The summed E-state index contributed by atoms with van der Waals surface area (Å²) < 4.78 is 5.37. The molecule has 0 radical (unpaired) electrons. The molecule has 1 rings (SSSR count). The molecule has 106 valence electrons. The summed E-state index contributed by atoms with van der Waals surface area (Å²) in [5, 5.41) is 18.7. The van der Waals surface area contributed by atoms with E-state index in [1.54, 1.807) is 0 Å². The molecule has 0 fully saturated rings. The lowest BCUT2D eigenvalue weighted by atomic mass is 9.98. The lowest BCUT2D eigenvalue weighted by molar-refractivity contribution is -0.143. The molecule has 0 bridgehead atoms. The number of aliphatic hydroxyl groups excluding tert-OH is 1. The van der Waals surface area contributed by atoms with Gasteiger partial charge in [0.2, 0.25) is 0 Å². The molecule has 0 aliphatic rings. The fraction of sp³-hybridized carbons (Fsp3) is 0.500. The second kappa shape index (κ2) is 8.63. The first-order valence-electron chi connectivity index (χ1n) is 6.36. The monoisotopic (exact) mass is 267 g/mol. The molecule has 0 amide bonds. The van der Waals surface area contributed by atoms with E-state index in [0.29, 0.717) is 19.6 Å². The smallest absolute Gasteiger partial charge is 0.306 e. The van der Waals surface area contributed by atoms with Crippen LogP contribution in [0.3, 0.4) is 0 Å². The van der Waals surface area contributed by atoms with E-state index in [1.165, 1.54) is 0 Å². The van der Waals surface area contributed by atoms with Gasteiger partial charge in [0.15, 0.2) is 0 Å². The van der Waals surface area contributed by atoms with Crippen LogP contribution in [0.25, 0.3) is 0 Å². The SMILES string of the molecule is NCCC(CC(O)COCc1ccccc1)C(=O)O. The van der Waals surface area contributed by atoms with Crippen molar-refractivity contribution in [3.05, 3.63) is 35.9 Å². The zero-order chi connectivity index (χ0) is 14.1. The van der Waals surface area contributed by atoms with Crippen LogP contribution in [0.2, 0.25) is 0 Å². The molecule has 0 spiro atoms. The number of hydrogen-bond donors (Lipinski definition) is 3. The zero-order valence-electron chi connectivity index (χ0n) is 10.9. The minimum atomic E-state index is -0.924. The predicted molar refractivity (Wildman–Crippen MR) is 71.5 cm³/mol. The maximum absolute atomic E-state index is 10.9. The summed E-state index contributed by atoms with van der Waals surface area (Å²) >= 11 is 0. The van der Waals surface area contributed by atoms with Crippen molar-refractivity contribution in [3.63, 3.8) is 0 Å². The van der Waals surface area contributed by atoms with Crippen molar-refractivity contribution >= 4 is 5.97 Å². The second-order valence-corrected chi connectivity index (χ2v) is 4.50. The van der Waals surface area contributed by atoms with Gasteiger partial charge in [-0.25, -0.2) is 0 Å². The Hall–Kier alpha value is -1.43. The quantitative estimate of drug-likeness (QED) is 0.621. The third-order valence-electron chi connectivity index (χ3n) is 2.84. The van der Waals surface area contributed by atoms with E-state index >= 15 is 0 Å². The van der Waals surface area contributed by atoms with Gasteiger partial charge in [0.1, 0.15) is 0 Å². The number of carbonyl (C=O) groups is 1. The Morgan fingerprint density at radius 2 is 2.00 bits per heavy atom. The lowest BCUT2D eigenvalue weighted by Crippen LogP contribution is -2.26. The van der Waals surface area contributed by atoms with Crippen LogP contribution in [0, 0.1) is 5.92 Å². The van der Waals surface area contributed by atoms with Gasteiger partial charge >= 0.3 is 5.97 Å². The summed E-state index contributed by atoms with van der Waals surface area (Å²) in [6, 6.07) is 9.61. The number of aliphatic carboxylic acids is 1. The summed E-state index contributed by atoms with van der Waals surface area (Å²) in [4.78, 5) is 10.9. The number of nitrogens with two attached hydrogens (primary N) is 1.